The number of methoxy groups -OCH3 is 4. The van der Waals surface area contributed by atoms with Gasteiger partial charge in [-0.05, 0) is 53.9 Å². The Morgan fingerprint density at radius 3 is 2.10 bits per heavy atom. The number of aromatic nitrogens is 2. The van der Waals surface area contributed by atoms with Gasteiger partial charge < -0.3 is 18.9 Å². The molecule has 0 atom stereocenters. The summed E-state index contributed by atoms with van der Waals surface area (Å²) in [5.41, 5.74) is 2.76. The Morgan fingerprint density at radius 2 is 1.48 bits per heavy atom. The number of pyridine rings is 1. The Kier molecular flexibility index (Phi) is 7.00. The van der Waals surface area contributed by atoms with Crippen LogP contribution in [0.3, 0.4) is 0 Å². The van der Waals surface area contributed by atoms with E-state index < -0.39 is 4.92 Å². The Bertz CT molecular complexity index is 1780. The molecule has 0 aliphatic heterocycles. The zero-order valence-electron chi connectivity index (χ0n) is 22.8. The number of Topliss-reactive ketones (excluding diaryl/α,β-unsaturated/α-hetero) is 1. The van der Waals surface area contributed by atoms with Gasteiger partial charge in [-0.3, -0.25) is 14.9 Å². The number of hydrogen-bond acceptors (Lipinski definition) is 7. The number of benzene rings is 3. The van der Waals surface area contributed by atoms with Crippen LogP contribution in [0.5, 0.6) is 23.0 Å². The Hall–Kier alpha value is -5.12. The van der Waals surface area contributed by atoms with Crippen molar-refractivity contribution in [3.8, 4) is 34.3 Å². The minimum Gasteiger partial charge on any atom is -0.493 e. The van der Waals surface area contributed by atoms with Crippen LogP contribution < -0.4 is 23.5 Å². The number of nitro benzene ring substituents is 1. The first kappa shape index (κ1) is 26.5. The fourth-order valence-corrected chi connectivity index (χ4v) is 5.00. The number of ether oxygens (including phenoxy) is 4. The number of carbonyl (C=O) groups excluding carboxylic acids is 1. The van der Waals surface area contributed by atoms with Gasteiger partial charge in [-0.25, -0.2) is 4.57 Å². The zero-order chi connectivity index (χ0) is 28.6. The van der Waals surface area contributed by atoms with Crippen molar-refractivity contribution in [2.24, 2.45) is 0 Å². The number of non-ortho nitro benzene ring substituents is 1. The molecule has 5 aromatic rings. The van der Waals surface area contributed by atoms with Gasteiger partial charge in [0, 0.05) is 35.6 Å². The molecule has 5 rings (SSSR count). The van der Waals surface area contributed by atoms with Crippen molar-refractivity contribution in [1.29, 1.82) is 0 Å². The van der Waals surface area contributed by atoms with E-state index in [-0.39, 0.29) is 18.0 Å². The van der Waals surface area contributed by atoms with E-state index in [0.717, 1.165) is 33.4 Å². The predicted octanol–water partition coefficient (Wildman–Crippen LogP) is 5.18. The molecule has 2 heterocycles. The smallest absolute Gasteiger partial charge is 0.269 e. The molecule has 0 fully saturated rings. The highest BCUT2D eigenvalue weighted by atomic mass is 16.6. The Labute approximate surface area is 230 Å². The van der Waals surface area contributed by atoms with Crippen molar-refractivity contribution in [1.82, 2.24) is 4.40 Å². The maximum atomic E-state index is 13.5. The largest absolute Gasteiger partial charge is 0.493 e. The number of fused-ring (bicyclic) bond motifs is 3. The molecule has 10 nitrogen and oxygen atoms in total. The average Bonchev–Trinajstić information content (AvgIpc) is 3.26. The number of nitro groups is 1. The maximum absolute atomic E-state index is 13.5. The molecule has 0 amide bonds. The summed E-state index contributed by atoms with van der Waals surface area (Å²) in [6.45, 7) is 1.94. The summed E-state index contributed by atoms with van der Waals surface area (Å²) < 4.78 is 26.2. The number of nitrogens with zero attached hydrogens (tertiary/aromatic N) is 3. The van der Waals surface area contributed by atoms with E-state index >= 15 is 0 Å². The van der Waals surface area contributed by atoms with Crippen LogP contribution in [0.4, 0.5) is 5.69 Å². The second kappa shape index (κ2) is 10.6. The van der Waals surface area contributed by atoms with Crippen LogP contribution >= 0.6 is 0 Å². The number of ketones is 1. The van der Waals surface area contributed by atoms with Crippen molar-refractivity contribution in [3.63, 3.8) is 0 Å². The van der Waals surface area contributed by atoms with Gasteiger partial charge in [-0.2, -0.15) is 4.40 Å². The van der Waals surface area contributed by atoms with Crippen molar-refractivity contribution < 1.29 is 33.2 Å². The van der Waals surface area contributed by atoms with E-state index in [1.54, 1.807) is 28.4 Å². The fourth-order valence-electron chi connectivity index (χ4n) is 5.00. The molecule has 0 radical (unpaired) electrons. The molecule has 3 aromatic carbocycles. The Morgan fingerprint density at radius 1 is 0.850 bits per heavy atom. The SMILES string of the molecule is COc1ccc(-c2c3c4cc(OC)c(OC)cc4ccn3c(C)[n+]2CC(=O)c2ccc([N+](=O)[O-])cc2)cc1OC. The van der Waals surface area contributed by atoms with Crippen molar-refractivity contribution in [3.05, 3.63) is 88.4 Å². The third-order valence-electron chi connectivity index (χ3n) is 7.05. The summed E-state index contributed by atoms with van der Waals surface area (Å²) in [7, 11) is 6.33. The molecular formula is C30H28N3O7+. The number of hydrogen-bond donors (Lipinski definition) is 0. The number of aryl methyl sites for hydroxylation is 1. The molecule has 0 aliphatic carbocycles. The molecular weight excluding hydrogens is 514 g/mol. The molecule has 0 N–H and O–H groups in total. The van der Waals surface area contributed by atoms with Crippen molar-refractivity contribution in [2.75, 3.05) is 28.4 Å². The third-order valence-corrected chi connectivity index (χ3v) is 7.05. The highest BCUT2D eigenvalue weighted by molar-refractivity contribution is 6.03. The molecule has 40 heavy (non-hydrogen) atoms. The maximum Gasteiger partial charge on any atom is 0.269 e. The van der Waals surface area contributed by atoms with Gasteiger partial charge >= 0.3 is 0 Å². The standard InChI is InChI=1S/C30H28N3O7/c1-18-31-13-12-20-14-27(39-4)28(40-5)16-23(20)30(31)29(21-8-11-25(37-2)26(15-21)38-3)32(18)17-24(34)19-6-9-22(10-7-19)33(35)36/h6-16H,17H2,1-5H3/q+1. The average molecular weight is 543 g/mol. The fraction of sp³-hybridized carbons (Fsp3) is 0.200. The van der Waals surface area contributed by atoms with Crippen LogP contribution in [-0.2, 0) is 6.54 Å². The third kappa shape index (κ3) is 4.43. The lowest BCUT2D eigenvalue weighted by Gasteiger charge is -2.11. The summed E-state index contributed by atoms with van der Waals surface area (Å²) in [5, 5.41) is 12.9. The van der Waals surface area contributed by atoms with E-state index in [1.807, 2.05) is 58.5 Å². The summed E-state index contributed by atoms with van der Waals surface area (Å²) in [5.74, 6) is 2.93. The van der Waals surface area contributed by atoms with E-state index in [9.17, 15) is 14.9 Å². The Balaban J connectivity index is 1.78. The minimum atomic E-state index is -0.489. The first-order valence-corrected chi connectivity index (χ1v) is 12.4. The van der Waals surface area contributed by atoms with E-state index in [1.165, 1.54) is 24.3 Å². The molecule has 0 aliphatic rings. The van der Waals surface area contributed by atoms with Gasteiger partial charge in [0.2, 0.25) is 5.78 Å². The minimum absolute atomic E-state index is 0.00376. The van der Waals surface area contributed by atoms with Crippen LogP contribution in [0.25, 0.3) is 27.5 Å². The van der Waals surface area contributed by atoms with Gasteiger partial charge in [0.1, 0.15) is 0 Å². The van der Waals surface area contributed by atoms with Crippen molar-refractivity contribution in [2.45, 2.75) is 13.5 Å². The van der Waals surface area contributed by atoms with Gasteiger partial charge in [0.15, 0.2) is 40.8 Å². The second-order valence-corrected chi connectivity index (χ2v) is 9.11. The highest BCUT2D eigenvalue weighted by Crippen LogP contribution is 2.39. The topological polar surface area (TPSA) is 105 Å². The molecule has 2 aromatic heterocycles. The molecule has 10 heteroatoms. The van der Waals surface area contributed by atoms with Crippen LogP contribution in [0.15, 0.2) is 66.9 Å². The molecule has 204 valence electrons. The number of imidazole rings is 1. The zero-order valence-corrected chi connectivity index (χ0v) is 22.8. The summed E-state index contributed by atoms with van der Waals surface area (Å²) in [6, 6.07) is 17.1. The van der Waals surface area contributed by atoms with Crippen LogP contribution in [0.1, 0.15) is 16.2 Å². The molecule has 0 bridgehead atoms. The normalized spacial score (nSPS) is 11.0. The lowest BCUT2D eigenvalue weighted by atomic mass is 10.0. The van der Waals surface area contributed by atoms with Crippen LogP contribution in [0.2, 0.25) is 0 Å². The van der Waals surface area contributed by atoms with Gasteiger partial charge in [-0.15, -0.1) is 0 Å². The number of rotatable bonds is 9. The van der Waals surface area contributed by atoms with Crippen LogP contribution in [-0.4, -0.2) is 43.5 Å². The first-order chi connectivity index (χ1) is 19.3. The number of carbonyl (C=O) groups is 1. The molecule has 0 spiro atoms. The highest BCUT2D eigenvalue weighted by Gasteiger charge is 2.29. The second-order valence-electron chi connectivity index (χ2n) is 9.11. The monoisotopic (exact) mass is 542 g/mol. The van der Waals surface area contributed by atoms with E-state index in [2.05, 4.69) is 0 Å². The van der Waals surface area contributed by atoms with Gasteiger partial charge in [0.25, 0.3) is 11.5 Å². The summed E-state index contributed by atoms with van der Waals surface area (Å²) in [4.78, 5) is 24.1. The lowest BCUT2D eigenvalue weighted by molar-refractivity contribution is -0.677. The van der Waals surface area contributed by atoms with Crippen LogP contribution in [0, 0.1) is 17.0 Å². The van der Waals surface area contributed by atoms with Gasteiger partial charge in [-0.1, -0.05) is 0 Å². The quantitative estimate of drug-likeness (QED) is 0.109. The van der Waals surface area contributed by atoms with Gasteiger partial charge in [0.05, 0.1) is 39.6 Å². The van der Waals surface area contributed by atoms with Crippen molar-refractivity contribution >= 4 is 27.8 Å². The molecule has 0 unspecified atom stereocenters. The summed E-state index contributed by atoms with van der Waals surface area (Å²) in [6.07, 6.45) is 1.95. The summed E-state index contributed by atoms with van der Waals surface area (Å²) >= 11 is 0. The first-order valence-electron chi connectivity index (χ1n) is 12.4. The lowest BCUT2D eigenvalue weighted by Crippen LogP contribution is -2.41. The molecule has 0 saturated carbocycles. The predicted molar refractivity (Wildman–Crippen MR) is 149 cm³/mol. The molecule has 0 saturated heterocycles. The van der Waals surface area contributed by atoms with E-state index in [4.69, 9.17) is 18.9 Å². The van der Waals surface area contributed by atoms with E-state index in [0.29, 0.717) is 28.6 Å².